The van der Waals surface area contributed by atoms with E-state index in [1.54, 1.807) is 12.0 Å². The van der Waals surface area contributed by atoms with Crippen molar-refractivity contribution in [3.63, 3.8) is 0 Å². The topological polar surface area (TPSA) is 70.7 Å². The Morgan fingerprint density at radius 3 is 2.69 bits per heavy atom. The van der Waals surface area contributed by atoms with Crippen LogP contribution in [0.15, 0.2) is 24.3 Å². The molecule has 0 aromatic heterocycles. The first-order valence-electron chi connectivity index (χ1n) is 9.40. The molecule has 1 heterocycles. The zero-order valence-electron chi connectivity index (χ0n) is 16.2. The number of amides is 3. The van der Waals surface area contributed by atoms with Crippen molar-refractivity contribution in [2.75, 3.05) is 33.3 Å². The third kappa shape index (κ3) is 5.13. The molecule has 0 saturated carbocycles. The second-order valence-corrected chi connectivity index (χ2v) is 7.20. The Morgan fingerprint density at radius 1 is 1.27 bits per heavy atom. The maximum absolute atomic E-state index is 12.8. The Hall–Kier alpha value is -2.24. The highest BCUT2D eigenvalue weighted by atomic mass is 16.5. The molecule has 26 heavy (non-hydrogen) atoms. The summed E-state index contributed by atoms with van der Waals surface area (Å²) in [5.41, 5.74) is 1.03. The van der Waals surface area contributed by atoms with Crippen LogP contribution in [0, 0.1) is 11.8 Å². The molecule has 2 N–H and O–H groups in total. The summed E-state index contributed by atoms with van der Waals surface area (Å²) >= 11 is 0. The monoisotopic (exact) mass is 361 g/mol. The molecule has 2 unspecified atom stereocenters. The van der Waals surface area contributed by atoms with E-state index in [4.69, 9.17) is 4.74 Å². The molecule has 144 valence electrons. The van der Waals surface area contributed by atoms with Crippen molar-refractivity contribution in [3.05, 3.63) is 29.8 Å². The van der Waals surface area contributed by atoms with Gasteiger partial charge in [0, 0.05) is 32.1 Å². The highest BCUT2D eigenvalue weighted by Gasteiger charge is 2.40. The van der Waals surface area contributed by atoms with Crippen molar-refractivity contribution in [2.45, 2.75) is 33.1 Å². The third-order valence-electron chi connectivity index (χ3n) is 4.81. The van der Waals surface area contributed by atoms with E-state index in [2.05, 4.69) is 24.5 Å². The molecule has 1 aliphatic rings. The van der Waals surface area contributed by atoms with Gasteiger partial charge in [-0.25, -0.2) is 4.79 Å². The van der Waals surface area contributed by atoms with Gasteiger partial charge in [-0.1, -0.05) is 26.0 Å². The average Bonchev–Trinajstić information content (AvgIpc) is 3.07. The number of nitrogens with zero attached hydrogens (tertiary/aromatic N) is 1. The largest absolute Gasteiger partial charge is 0.497 e. The highest BCUT2D eigenvalue weighted by Crippen LogP contribution is 2.34. The minimum absolute atomic E-state index is 0.0188. The minimum atomic E-state index is -0.253. The van der Waals surface area contributed by atoms with E-state index in [1.807, 2.05) is 31.2 Å². The van der Waals surface area contributed by atoms with Crippen LogP contribution in [0.5, 0.6) is 5.75 Å². The van der Waals surface area contributed by atoms with Crippen molar-refractivity contribution >= 4 is 11.9 Å². The Labute approximate surface area is 156 Å². The van der Waals surface area contributed by atoms with Gasteiger partial charge in [0.05, 0.1) is 13.0 Å². The summed E-state index contributed by atoms with van der Waals surface area (Å²) in [6.45, 7) is 8.37. The van der Waals surface area contributed by atoms with E-state index in [-0.39, 0.29) is 23.8 Å². The van der Waals surface area contributed by atoms with Crippen LogP contribution in [0.25, 0.3) is 0 Å². The molecule has 1 aromatic carbocycles. The first-order valence-corrected chi connectivity index (χ1v) is 9.40. The summed E-state index contributed by atoms with van der Waals surface area (Å²) in [7, 11) is 1.63. The molecule has 2 atom stereocenters. The van der Waals surface area contributed by atoms with Gasteiger partial charge in [0.2, 0.25) is 5.91 Å². The highest BCUT2D eigenvalue weighted by molar-refractivity contribution is 5.83. The van der Waals surface area contributed by atoms with Crippen LogP contribution in [0.2, 0.25) is 0 Å². The van der Waals surface area contributed by atoms with E-state index < -0.39 is 0 Å². The number of hydrogen-bond donors (Lipinski definition) is 2. The fourth-order valence-electron chi connectivity index (χ4n) is 3.32. The molecule has 1 aromatic rings. The molecule has 1 fully saturated rings. The number of urea groups is 1. The molecule has 0 aliphatic carbocycles. The molecule has 0 radical (unpaired) electrons. The molecule has 6 nitrogen and oxygen atoms in total. The fourth-order valence-corrected chi connectivity index (χ4v) is 3.32. The van der Waals surface area contributed by atoms with E-state index in [1.165, 1.54) is 0 Å². The van der Waals surface area contributed by atoms with Crippen LogP contribution in [0.3, 0.4) is 0 Å². The summed E-state index contributed by atoms with van der Waals surface area (Å²) in [4.78, 5) is 26.8. The minimum Gasteiger partial charge on any atom is -0.497 e. The summed E-state index contributed by atoms with van der Waals surface area (Å²) < 4.78 is 5.32. The van der Waals surface area contributed by atoms with Gasteiger partial charge in [-0.2, -0.15) is 0 Å². The number of methoxy groups -OCH3 is 1. The van der Waals surface area contributed by atoms with Gasteiger partial charge < -0.3 is 20.3 Å². The van der Waals surface area contributed by atoms with Crippen LogP contribution in [-0.2, 0) is 4.79 Å². The number of carbonyl (C=O) groups is 2. The van der Waals surface area contributed by atoms with Crippen molar-refractivity contribution < 1.29 is 14.3 Å². The van der Waals surface area contributed by atoms with Crippen LogP contribution in [-0.4, -0.2) is 50.1 Å². The van der Waals surface area contributed by atoms with Gasteiger partial charge in [-0.15, -0.1) is 0 Å². The summed E-state index contributed by atoms with van der Waals surface area (Å²) in [5.74, 6) is 1.03. The summed E-state index contributed by atoms with van der Waals surface area (Å²) in [5, 5.41) is 5.88. The molecular weight excluding hydrogens is 330 g/mol. The van der Waals surface area contributed by atoms with Crippen molar-refractivity contribution in [1.29, 1.82) is 0 Å². The quantitative estimate of drug-likeness (QED) is 0.784. The molecule has 0 spiro atoms. The molecule has 6 heteroatoms. The lowest BCUT2D eigenvalue weighted by Crippen LogP contribution is -2.40. The normalized spacial score (nSPS) is 19.5. The number of rotatable bonds is 7. The predicted octanol–water partition coefficient (Wildman–Crippen LogP) is 2.60. The Balaban J connectivity index is 2.16. The zero-order valence-corrected chi connectivity index (χ0v) is 16.2. The number of hydrogen-bond acceptors (Lipinski definition) is 3. The van der Waals surface area contributed by atoms with Crippen molar-refractivity contribution in [1.82, 2.24) is 15.5 Å². The van der Waals surface area contributed by atoms with Gasteiger partial charge >= 0.3 is 6.03 Å². The van der Waals surface area contributed by atoms with Gasteiger partial charge in [0.15, 0.2) is 0 Å². The van der Waals surface area contributed by atoms with Crippen molar-refractivity contribution in [2.24, 2.45) is 11.8 Å². The second-order valence-electron chi connectivity index (χ2n) is 7.20. The first-order chi connectivity index (χ1) is 12.5. The first kappa shape index (κ1) is 20.1. The Morgan fingerprint density at radius 2 is 2.04 bits per heavy atom. The molecule has 0 bridgehead atoms. The number of benzene rings is 1. The maximum Gasteiger partial charge on any atom is 0.317 e. The number of likely N-dealkylation sites (tertiary alicyclic amines) is 1. The SMILES string of the molecule is CCNC(=O)N1CC(C(=O)NCCC(C)C)C(c2cccc(OC)c2)C1. The fraction of sp³-hybridized carbons (Fsp3) is 0.600. The lowest BCUT2D eigenvalue weighted by atomic mass is 9.88. The predicted molar refractivity (Wildman–Crippen MR) is 102 cm³/mol. The molecule has 1 aliphatic heterocycles. The second kappa shape index (κ2) is 9.46. The van der Waals surface area contributed by atoms with Gasteiger partial charge in [-0.3, -0.25) is 4.79 Å². The lowest BCUT2D eigenvalue weighted by Gasteiger charge is -2.19. The zero-order chi connectivity index (χ0) is 19.1. The maximum atomic E-state index is 12.8. The summed E-state index contributed by atoms with van der Waals surface area (Å²) in [6.07, 6.45) is 0.947. The van der Waals surface area contributed by atoms with Crippen LogP contribution in [0.4, 0.5) is 4.79 Å². The molecule has 1 saturated heterocycles. The van der Waals surface area contributed by atoms with Crippen LogP contribution < -0.4 is 15.4 Å². The standard InChI is InChI=1S/C20H31N3O3/c1-5-21-20(25)23-12-17(15-7-6-8-16(11-15)26-4)18(13-23)19(24)22-10-9-14(2)3/h6-8,11,14,17-18H,5,9-10,12-13H2,1-4H3,(H,21,25)(H,22,24). The van der Waals surface area contributed by atoms with Gasteiger partial charge in [-0.05, 0) is 37.0 Å². The van der Waals surface area contributed by atoms with Crippen LogP contribution >= 0.6 is 0 Å². The molecule has 3 amide bonds. The van der Waals surface area contributed by atoms with Crippen molar-refractivity contribution in [3.8, 4) is 5.75 Å². The molecule has 2 rings (SSSR count). The van der Waals surface area contributed by atoms with Crippen LogP contribution in [0.1, 0.15) is 38.7 Å². The van der Waals surface area contributed by atoms with Gasteiger partial charge in [0.25, 0.3) is 0 Å². The number of carbonyl (C=O) groups excluding carboxylic acids is 2. The summed E-state index contributed by atoms with van der Waals surface area (Å²) in [6, 6.07) is 7.66. The molecular formula is C20H31N3O3. The van der Waals surface area contributed by atoms with E-state index in [0.717, 1.165) is 17.7 Å². The number of ether oxygens (including phenoxy) is 1. The Kier molecular flexibility index (Phi) is 7.30. The van der Waals surface area contributed by atoms with Gasteiger partial charge in [0.1, 0.15) is 5.75 Å². The Bertz CT molecular complexity index is 618. The average molecular weight is 361 g/mol. The lowest BCUT2D eigenvalue weighted by molar-refractivity contribution is -0.124. The van der Waals surface area contributed by atoms with E-state index >= 15 is 0 Å². The van der Waals surface area contributed by atoms with E-state index in [0.29, 0.717) is 32.1 Å². The number of nitrogens with one attached hydrogen (secondary N) is 2. The third-order valence-corrected chi connectivity index (χ3v) is 4.81. The van der Waals surface area contributed by atoms with E-state index in [9.17, 15) is 9.59 Å². The smallest absolute Gasteiger partial charge is 0.317 e.